The molecule has 1 aliphatic rings. The van der Waals surface area contributed by atoms with Crippen LogP contribution >= 0.6 is 7.92 Å². The van der Waals surface area contributed by atoms with Crippen molar-refractivity contribution in [2.24, 2.45) is 4.99 Å². The highest BCUT2D eigenvalue weighted by Gasteiger charge is 2.29. The van der Waals surface area contributed by atoms with E-state index in [4.69, 9.17) is 4.99 Å². The van der Waals surface area contributed by atoms with Crippen molar-refractivity contribution in [1.82, 2.24) is 0 Å². The lowest BCUT2D eigenvalue weighted by Crippen LogP contribution is -2.16. The lowest BCUT2D eigenvalue weighted by molar-refractivity contribution is 1.33. The van der Waals surface area contributed by atoms with Gasteiger partial charge >= 0.3 is 0 Å². The minimum absolute atomic E-state index is 0.723. The fraction of sp³-hybridized carbons (Fsp3) is 0.0690. The molecule has 1 nitrogen and oxygen atoms in total. The zero-order valence-corrected chi connectivity index (χ0v) is 18.7. The molecule has 0 bridgehead atoms. The second-order valence-corrected chi connectivity index (χ2v) is 10.0. The van der Waals surface area contributed by atoms with Gasteiger partial charge < -0.3 is 0 Å². The predicted octanol–water partition coefficient (Wildman–Crippen LogP) is 6.91. The van der Waals surface area contributed by atoms with Gasteiger partial charge in [-0.3, -0.25) is 0 Å². The fourth-order valence-electron chi connectivity index (χ4n) is 4.16. The van der Waals surface area contributed by atoms with Crippen LogP contribution in [0.2, 0.25) is 0 Å². The monoisotopic (exact) mass is 417 g/mol. The minimum Gasteiger partial charge on any atom is -0.247 e. The van der Waals surface area contributed by atoms with Gasteiger partial charge in [0.2, 0.25) is 0 Å². The third kappa shape index (κ3) is 3.78. The SMILES string of the molecule is Cc1cccc(C)c1N=C1C(P(c2ccccc2)c2ccccc2)=Cc2ccccc21. The predicted molar refractivity (Wildman–Crippen MR) is 136 cm³/mol. The van der Waals surface area contributed by atoms with Crippen LogP contribution < -0.4 is 10.6 Å². The van der Waals surface area contributed by atoms with Gasteiger partial charge in [-0.1, -0.05) is 103 Å². The maximum absolute atomic E-state index is 5.32. The zero-order valence-electron chi connectivity index (χ0n) is 17.8. The summed E-state index contributed by atoms with van der Waals surface area (Å²) in [6.45, 7) is 4.29. The van der Waals surface area contributed by atoms with Crippen molar-refractivity contribution in [3.8, 4) is 0 Å². The zero-order chi connectivity index (χ0) is 21.2. The number of allylic oxidation sites excluding steroid dienone is 1. The number of nitrogens with zero attached hydrogens (tertiary/aromatic N) is 1. The summed E-state index contributed by atoms with van der Waals surface area (Å²) < 4.78 is 0. The van der Waals surface area contributed by atoms with Crippen LogP contribution in [0.25, 0.3) is 6.08 Å². The number of aryl methyl sites for hydroxylation is 2. The van der Waals surface area contributed by atoms with Gasteiger partial charge in [0.25, 0.3) is 0 Å². The molecule has 0 aromatic heterocycles. The summed E-state index contributed by atoms with van der Waals surface area (Å²) >= 11 is 0. The molecule has 5 rings (SSSR count). The molecule has 150 valence electrons. The summed E-state index contributed by atoms with van der Waals surface area (Å²) in [5, 5.41) is 4.00. The van der Waals surface area contributed by atoms with E-state index in [1.807, 2.05) is 0 Å². The van der Waals surface area contributed by atoms with Gasteiger partial charge in [-0.05, 0) is 55.1 Å². The summed E-state index contributed by atoms with van der Waals surface area (Å²) in [7, 11) is -0.723. The van der Waals surface area contributed by atoms with E-state index < -0.39 is 7.92 Å². The molecule has 31 heavy (non-hydrogen) atoms. The Kier molecular flexibility index (Phi) is 5.37. The first-order valence-electron chi connectivity index (χ1n) is 10.6. The first-order chi connectivity index (χ1) is 15.2. The maximum Gasteiger partial charge on any atom is 0.0799 e. The topological polar surface area (TPSA) is 12.4 Å². The van der Waals surface area contributed by atoms with E-state index >= 15 is 0 Å². The van der Waals surface area contributed by atoms with Crippen molar-refractivity contribution in [2.45, 2.75) is 13.8 Å². The Labute approximate surface area is 185 Å². The molecule has 0 spiro atoms. The maximum atomic E-state index is 5.32. The Balaban J connectivity index is 1.75. The van der Waals surface area contributed by atoms with Gasteiger partial charge in [0.15, 0.2) is 0 Å². The first-order valence-corrected chi connectivity index (χ1v) is 11.9. The second kappa shape index (κ2) is 8.46. The van der Waals surface area contributed by atoms with Gasteiger partial charge in [0, 0.05) is 10.9 Å². The highest BCUT2D eigenvalue weighted by Crippen LogP contribution is 2.49. The Bertz CT molecular complexity index is 1230. The molecule has 0 atom stereocenters. The third-order valence-electron chi connectivity index (χ3n) is 5.68. The van der Waals surface area contributed by atoms with Crippen molar-refractivity contribution in [3.63, 3.8) is 0 Å². The van der Waals surface area contributed by atoms with Crippen LogP contribution in [0.15, 0.2) is 113 Å². The standard InChI is InChI=1S/C29H24NP/c1-21-12-11-13-22(2)28(21)30-29-26-19-10-9-14-23(26)20-27(29)31(24-15-5-3-6-16-24)25-17-7-4-8-18-25/h3-20H,1-2H3. The number of rotatable bonds is 4. The van der Waals surface area contributed by atoms with Crippen LogP contribution in [-0.4, -0.2) is 5.71 Å². The molecule has 0 N–H and O–H groups in total. The van der Waals surface area contributed by atoms with Gasteiger partial charge in [0.1, 0.15) is 0 Å². The van der Waals surface area contributed by atoms with Crippen LogP contribution in [0.3, 0.4) is 0 Å². The van der Waals surface area contributed by atoms with Crippen LogP contribution in [0.4, 0.5) is 5.69 Å². The lowest BCUT2D eigenvalue weighted by atomic mass is 10.1. The number of para-hydroxylation sites is 1. The Hall–Kier alpha value is -3.28. The molecule has 0 radical (unpaired) electrons. The van der Waals surface area contributed by atoms with Gasteiger partial charge in [0.05, 0.1) is 11.4 Å². The fourth-order valence-corrected chi connectivity index (χ4v) is 6.60. The summed E-state index contributed by atoms with van der Waals surface area (Å²) in [5.74, 6) is 0. The molecule has 0 unspecified atom stereocenters. The smallest absolute Gasteiger partial charge is 0.0799 e. The Morgan fingerprint density at radius 2 is 1.13 bits per heavy atom. The number of fused-ring (bicyclic) bond motifs is 1. The summed E-state index contributed by atoms with van der Waals surface area (Å²) in [6.07, 6.45) is 2.35. The van der Waals surface area contributed by atoms with Gasteiger partial charge in [-0.15, -0.1) is 0 Å². The average molecular weight is 417 g/mol. The van der Waals surface area contributed by atoms with Crippen molar-refractivity contribution in [2.75, 3.05) is 0 Å². The van der Waals surface area contributed by atoms with E-state index in [1.165, 1.54) is 38.2 Å². The van der Waals surface area contributed by atoms with Crippen LogP contribution in [-0.2, 0) is 0 Å². The van der Waals surface area contributed by atoms with Crippen LogP contribution in [0.1, 0.15) is 22.3 Å². The van der Waals surface area contributed by atoms with Crippen LogP contribution in [0, 0.1) is 13.8 Å². The largest absolute Gasteiger partial charge is 0.247 e. The average Bonchev–Trinajstić information content (AvgIpc) is 3.16. The summed E-state index contributed by atoms with van der Waals surface area (Å²) in [4.78, 5) is 5.32. The quantitative estimate of drug-likeness (QED) is 0.320. The molecule has 2 heteroatoms. The van der Waals surface area contributed by atoms with E-state index in [9.17, 15) is 0 Å². The highest BCUT2D eigenvalue weighted by molar-refractivity contribution is 7.78. The normalized spacial score (nSPS) is 14.0. The van der Waals surface area contributed by atoms with Gasteiger partial charge in [-0.2, -0.15) is 0 Å². The molecular formula is C29H24NP. The molecule has 0 aliphatic heterocycles. The molecule has 1 aliphatic carbocycles. The second-order valence-electron chi connectivity index (χ2n) is 7.82. The Morgan fingerprint density at radius 1 is 0.581 bits per heavy atom. The molecule has 0 saturated heterocycles. The number of hydrogen-bond donors (Lipinski definition) is 0. The van der Waals surface area contributed by atoms with Crippen molar-refractivity contribution in [3.05, 3.63) is 131 Å². The molecule has 0 saturated carbocycles. The van der Waals surface area contributed by atoms with E-state index in [-0.39, 0.29) is 0 Å². The molecule has 4 aromatic carbocycles. The summed E-state index contributed by atoms with van der Waals surface area (Å²) in [5.41, 5.74) is 7.07. The first kappa shape index (κ1) is 19.7. The van der Waals surface area contributed by atoms with Crippen molar-refractivity contribution >= 4 is 36.0 Å². The molecular weight excluding hydrogens is 393 g/mol. The third-order valence-corrected chi connectivity index (χ3v) is 8.14. The molecule has 0 fully saturated rings. The van der Waals surface area contributed by atoms with Crippen molar-refractivity contribution < 1.29 is 0 Å². The molecule has 4 aromatic rings. The van der Waals surface area contributed by atoms with E-state index in [2.05, 4.69) is 123 Å². The molecule has 0 amide bonds. The van der Waals surface area contributed by atoms with E-state index in [1.54, 1.807) is 0 Å². The van der Waals surface area contributed by atoms with E-state index in [0.29, 0.717) is 0 Å². The number of aliphatic imine (C=N–C) groups is 1. The number of hydrogen-bond acceptors (Lipinski definition) is 1. The van der Waals surface area contributed by atoms with E-state index in [0.717, 1.165) is 11.4 Å². The lowest BCUT2D eigenvalue weighted by Gasteiger charge is -2.21. The molecule has 0 heterocycles. The summed E-state index contributed by atoms with van der Waals surface area (Å²) in [6, 6.07) is 36.8. The highest BCUT2D eigenvalue weighted by atomic mass is 31.1. The number of benzene rings is 4. The van der Waals surface area contributed by atoms with Crippen molar-refractivity contribution in [1.29, 1.82) is 0 Å². The minimum atomic E-state index is -0.723. The van der Waals surface area contributed by atoms with Gasteiger partial charge in [-0.25, -0.2) is 4.99 Å². The Morgan fingerprint density at radius 3 is 1.74 bits per heavy atom. The van der Waals surface area contributed by atoms with Crippen LogP contribution in [0.5, 0.6) is 0 Å².